The van der Waals surface area contributed by atoms with Gasteiger partial charge in [-0.25, -0.2) is 18.2 Å². The first kappa shape index (κ1) is 20.9. The summed E-state index contributed by atoms with van der Waals surface area (Å²) in [7, 11) is 0. The molecular formula is C19H12ClF3N2O3S. The van der Waals surface area contributed by atoms with Crippen molar-refractivity contribution in [1.82, 2.24) is 9.55 Å². The van der Waals surface area contributed by atoms with E-state index in [1.54, 1.807) is 6.92 Å². The van der Waals surface area contributed by atoms with Crippen LogP contribution in [-0.4, -0.2) is 21.8 Å². The van der Waals surface area contributed by atoms with Crippen molar-refractivity contribution >= 4 is 28.7 Å². The standard InChI is InChI=1S/C19H12ClF3N2O3S/c1-10-24-7-13(28-10)3-2-12-6-16(29-18(12)20)15(26)5-11-4-14(21)19(27)25(8-11)9-17(22)23/h4,6-8,17H,5,9H2,1H3. The lowest BCUT2D eigenvalue weighted by Crippen LogP contribution is -2.26. The smallest absolute Gasteiger partial charge is 0.286 e. The quantitative estimate of drug-likeness (QED) is 0.443. The Labute approximate surface area is 171 Å². The highest BCUT2D eigenvalue weighted by Gasteiger charge is 2.16. The van der Waals surface area contributed by atoms with Gasteiger partial charge < -0.3 is 8.98 Å². The number of aryl methyl sites for hydroxylation is 1. The van der Waals surface area contributed by atoms with E-state index in [9.17, 15) is 22.8 Å². The average Bonchev–Trinajstić information content (AvgIpc) is 3.22. The van der Waals surface area contributed by atoms with Crippen molar-refractivity contribution in [2.45, 2.75) is 26.3 Å². The SMILES string of the molecule is Cc1ncc(C#Cc2cc(C(=O)Cc3cc(F)c(=O)n(CC(F)F)c3)sc2Cl)o1. The van der Waals surface area contributed by atoms with E-state index < -0.39 is 30.1 Å². The molecule has 10 heteroatoms. The topological polar surface area (TPSA) is 65.1 Å². The normalized spacial score (nSPS) is 10.8. The minimum absolute atomic E-state index is 0.0991. The molecule has 3 aromatic heterocycles. The highest BCUT2D eigenvalue weighted by Crippen LogP contribution is 2.28. The summed E-state index contributed by atoms with van der Waals surface area (Å²) in [6.45, 7) is 0.718. The van der Waals surface area contributed by atoms with Gasteiger partial charge in [0.15, 0.2) is 23.3 Å². The lowest BCUT2D eigenvalue weighted by molar-refractivity contribution is 0.0996. The Morgan fingerprint density at radius 2 is 2.14 bits per heavy atom. The Morgan fingerprint density at radius 3 is 2.79 bits per heavy atom. The molecule has 5 nitrogen and oxygen atoms in total. The number of alkyl halides is 2. The summed E-state index contributed by atoms with van der Waals surface area (Å²) in [6.07, 6.45) is -0.607. The molecule has 3 rings (SSSR count). The van der Waals surface area contributed by atoms with E-state index >= 15 is 0 Å². The molecular weight excluding hydrogens is 429 g/mol. The second-order valence-corrected chi connectivity index (χ2v) is 7.59. The molecule has 0 aliphatic heterocycles. The molecule has 0 fully saturated rings. The van der Waals surface area contributed by atoms with Crippen LogP contribution in [0, 0.1) is 24.6 Å². The molecule has 0 spiro atoms. The summed E-state index contributed by atoms with van der Waals surface area (Å²) in [5.41, 5.74) is -0.661. The van der Waals surface area contributed by atoms with Gasteiger partial charge in [0, 0.05) is 19.5 Å². The Kier molecular flexibility index (Phi) is 6.25. The first-order valence-corrected chi connectivity index (χ1v) is 9.36. The molecule has 0 radical (unpaired) electrons. The second-order valence-electron chi connectivity index (χ2n) is 5.94. The van der Waals surface area contributed by atoms with Gasteiger partial charge in [0.05, 0.1) is 23.2 Å². The van der Waals surface area contributed by atoms with Gasteiger partial charge in [0.25, 0.3) is 12.0 Å². The first-order valence-electron chi connectivity index (χ1n) is 8.17. The average molecular weight is 441 g/mol. The Bertz CT molecular complexity index is 1190. The number of carbonyl (C=O) groups is 1. The molecule has 29 heavy (non-hydrogen) atoms. The number of carbonyl (C=O) groups excluding carboxylic acids is 1. The van der Waals surface area contributed by atoms with E-state index in [0.717, 1.165) is 23.6 Å². The van der Waals surface area contributed by atoms with Crippen molar-refractivity contribution in [1.29, 1.82) is 0 Å². The Hall–Kier alpha value is -2.83. The zero-order chi connectivity index (χ0) is 21.1. The van der Waals surface area contributed by atoms with Crippen molar-refractivity contribution < 1.29 is 22.4 Å². The van der Waals surface area contributed by atoms with E-state index in [-0.39, 0.29) is 21.2 Å². The number of aromatic nitrogens is 2. The Morgan fingerprint density at radius 1 is 1.38 bits per heavy atom. The van der Waals surface area contributed by atoms with Crippen molar-refractivity contribution in [3.63, 3.8) is 0 Å². The van der Waals surface area contributed by atoms with E-state index in [2.05, 4.69) is 16.8 Å². The number of hydrogen-bond donors (Lipinski definition) is 0. The third-order valence-electron chi connectivity index (χ3n) is 3.70. The van der Waals surface area contributed by atoms with Gasteiger partial charge in [0.1, 0.15) is 4.34 Å². The lowest BCUT2D eigenvalue weighted by atomic mass is 10.1. The zero-order valence-corrected chi connectivity index (χ0v) is 16.4. The molecule has 0 saturated carbocycles. The summed E-state index contributed by atoms with van der Waals surface area (Å²) in [5.74, 6) is 4.71. The number of hydrogen-bond acceptors (Lipinski definition) is 5. The monoisotopic (exact) mass is 440 g/mol. The van der Waals surface area contributed by atoms with Crippen LogP contribution in [-0.2, 0) is 13.0 Å². The summed E-state index contributed by atoms with van der Waals surface area (Å²) in [6, 6.07) is 2.35. The van der Waals surface area contributed by atoms with Gasteiger partial charge >= 0.3 is 0 Å². The highest BCUT2D eigenvalue weighted by molar-refractivity contribution is 7.18. The van der Waals surface area contributed by atoms with Crippen molar-refractivity contribution in [2.24, 2.45) is 0 Å². The fourth-order valence-corrected chi connectivity index (χ4v) is 3.58. The predicted octanol–water partition coefficient (Wildman–Crippen LogP) is 4.09. The lowest BCUT2D eigenvalue weighted by Gasteiger charge is -2.08. The fraction of sp³-hybridized carbons (Fsp3) is 0.211. The molecule has 0 N–H and O–H groups in total. The molecule has 0 saturated heterocycles. The third kappa shape index (κ3) is 5.16. The molecule has 3 aromatic rings. The molecule has 0 aliphatic rings. The maximum absolute atomic E-state index is 13.7. The summed E-state index contributed by atoms with van der Waals surface area (Å²) in [4.78, 5) is 28.3. The van der Waals surface area contributed by atoms with Gasteiger partial charge in [-0.05, 0) is 23.6 Å². The van der Waals surface area contributed by atoms with Crippen LogP contribution in [0.15, 0.2) is 33.7 Å². The zero-order valence-electron chi connectivity index (χ0n) is 14.8. The highest BCUT2D eigenvalue weighted by atomic mass is 35.5. The molecule has 0 unspecified atom stereocenters. The van der Waals surface area contributed by atoms with Crippen LogP contribution in [0.3, 0.4) is 0 Å². The van der Waals surface area contributed by atoms with Crippen LogP contribution in [0.1, 0.15) is 32.4 Å². The van der Waals surface area contributed by atoms with E-state index in [0.29, 0.717) is 21.8 Å². The number of nitrogens with zero attached hydrogens (tertiary/aromatic N) is 2. The van der Waals surface area contributed by atoms with Crippen LogP contribution in [0.25, 0.3) is 0 Å². The van der Waals surface area contributed by atoms with Gasteiger partial charge in [0.2, 0.25) is 0 Å². The van der Waals surface area contributed by atoms with Crippen LogP contribution < -0.4 is 5.56 Å². The van der Waals surface area contributed by atoms with E-state index in [1.807, 2.05) is 0 Å². The Balaban J connectivity index is 1.81. The van der Waals surface area contributed by atoms with Gasteiger partial charge in [-0.3, -0.25) is 9.59 Å². The second kappa shape index (κ2) is 8.68. The number of rotatable bonds is 5. The van der Waals surface area contributed by atoms with Crippen LogP contribution in [0.4, 0.5) is 13.2 Å². The number of ketones is 1. The number of oxazole rings is 1. The maximum Gasteiger partial charge on any atom is 0.286 e. The molecule has 0 aliphatic carbocycles. The van der Waals surface area contributed by atoms with Gasteiger partial charge in [-0.15, -0.1) is 11.3 Å². The molecule has 0 atom stereocenters. The number of halogens is 4. The van der Waals surface area contributed by atoms with Gasteiger partial charge in [-0.1, -0.05) is 17.5 Å². The maximum atomic E-state index is 13.7. The van der Waals surface area contributed by atoms with Crippen LogP contribution >= 0.6 is 22.9 Å². The minimum atomic E-state index is -2.83. The molecule has 0 aromatic carbocycles. The predicted molar refractivity (Wildman–Crippen MR) is 101 cm³/mol. The van der Waals surface area contributed by atoms with Crippen molar-refractivity contribution in [3.8, 4) is 11.8 Å². The van der Waals surface area contributed by atoms with E-state index in [1.165, 1.54) is 12.3 Å². The van der Waals surface area contributed by atoms with Crippen LogP contribution in [0.5, 0.6) is 0 Å². The summed E-state index contributed by atoms with van der Waals surface area (Å²) >= 11 is 7.11. The largest absolute Gasteiger partial charge is 0.433 e. The van der Waals surface area contributed by atoms with E-state index in [4.69, 9.17) is 16.0 Å². The minimum Gasteiger partial charge on any atom is -0.433 e. The number of thiophene rings is 1. The van der Waals surface area contributed by atoms with Crippen LogP contribution in [0.2, 0.25) is 4.34 Å². The molecule has 150 valence electrons. The van der Waals surface area contributed by atoms with Gasteiger partial charge in [-0.2, -0.15) is 0 Å². The van der Waals surface area contributed by atoms with Crippen molar-refractivity contribution in [2.75, 3.05) is 0 Å². The van der Waals surface area contributed by atoms with Crippen molar-refractivity contribution in [3.05, 3.63) is 72.7 Å². The first-order chi connectivity index (χ1) is 13.7. The molecule has 0 amide bonds. The third-order valence-corrected chi connectivity index (χ3v) is 5.10. The summed E-state index contributed by atoms with van der Waals surface area (Å²) < 4.78 is 44.9. The number of pyridine rings is 1. The summed E-state index contributed by atoms with van der Waals surface area (Å²) in [5, 5.41) is 0. The molecule has 0 bridgehead atoms. The number of Topliss-reactive ketones (excluding diaryl/α,β-unsaturated/α-hetero) is 1. The fourth-order valence-electron chi connectivity index (χ4n) is 2.45. The molecule has 3 heterocycles.